The van der Waals surface area contributed by atoms with Gasteiger partial charge < -0.3 is 15.3 Å². The molecule has 17 heavy (non-hydrogen) atoms. The summed E-state index contributed by atoms with van der Waals surface area (Å²) < 4.78 is 0. The zero-order chi connectivity index (χ0) is 12.7. The van der Waals surface area contributed by atoms with Gasteiger partial charge >= 0.3 is 0 Å². The minimum atomic E-state index is -0.218. The first-order valence-corrected chi connectivity index (χ1v) is 5.63. The Bertz CT molecular complexity index is 353. The van der Waals surface area contributed by atoms with Crippen molar-refractivity contribution in [3.05, 3.63) is 17.8 Å². The topological polar surface area (TPSA) is 78.4 Å². The summed E-state index contributed by atoms with van der Waals surface area (Å²) in [5.74, 6) is 0.469. The predicted octanol–water partition coefficient (Wildman–Crippen LogP) is 0.0449. The highest BCUT2D eigenvalue weighted by molar-refractivity contribution is 5.92. The SMILES string of the molecule is CCNC(=O)c1ccc(N(C)CCCO)nn1. The van der Waals surface area contributed by atoms with Crippen LogP contribution in [0.3, 0.4) is 0 Å². The second-order valence-electron chi connectivity index (χ2n) is 3.63. The lowest BCUT2D eigenvalue weighted by molar-refractivity contribution is 0.0950. The molecule has 1 aromatic rings. The third-order valence-corrected chi connectivity index (χ3v) is 2.26. The van der Waals surface area contributed by atoms with Gasteiger partial charge in [-0.1, -0.05) is 0 Å². The molecule has 0 aliphatic rings. The molecule has 0 spiro atoms. The number of nitrogens with zero attached hydrogens (tertiary/aromatic N) is 3. The summed E-state index contributed by atoms with van der Waals surface area (Å²) in [4.78, 5) is 13.3. The number of amides is 1. The molecular formula is C11H18N4O2. The molecule has 0 unspecified atom stereocenters. The molecule has 1 rings (SSSR count). The minimum Gasteiger partial charge on any atom is -0.396 e. The summed E-state index contributed by atoms with van der Waals surface area (Å²) in [7, 11) is 1.87. The second-order valence-corrected chi connectivity index (χ2v) is 3.63. The van der Waals surface area contributed by atoms with E-state index in [1.54, 1.807) is 12.1 Å². The standard InChI is InChI=1S/C11H18N4O2/c1-3-12-11(17)9-5-6-10(14-13-9)15(2)7-4-8-16/h5-6,16H,3-4,7-8H2,1-2H3,(H,12,17). The van der Waals surface area contributed by atoms with Crippen molar-refractivity contribution in [2.75, 3.05) is 31.6 Å². The molecule has 0 atom stereocenters. The van der Waals surface area contributed by atoms with Crippen LogP contribution in [0, 0.1) is 0 Å². The number of rotatable bonds is 6. The summed E-state index contributed by atoms with van der Waals surface area (Å²) in [5, 5.41) is 19.2. The Labute approximate surface area is 101 Å². The van der Waals surface area contributed by atoms with Crippen molar-refractivity contribution in [3.63, 3.8) is 0 Å². The van der Waals surface area contributed by atoms with Crippen molar-refractivity contribution in [1.29, 1.82) is 0 Å². The van der Waals surface area contributed by atoms with Gasteiger partial charge in [0.1, 0.15) is 0 Å². The van der Waals surface area contributed by atoms with E-state index in [2.05, 4.69) is 15.5 Å². The van der Waals surface area contributed by atoms with Gasteiger partial charge in [0.2, 0.25) is 0 Å². The van der Waals surface area contributed by atoms with Crippen LogP contribution in [-0.2, 0) is 0 Å². The lowest BCUT2D eigenvalue weighted by atomic mass is 10.3. The van der Waals surface area contributed by atoms with Crippen LogP contribution in [0.5, 0.6) is 0 Å². The van der Waals surface area contributed by atoms with E-state index < -0.39 is 0 Å². The smallest absolute Gasteiger partial charge is 0.271 e. The molecule has 6 heteroatoms. The fraction of sp³-hybridized carbons (Fsp3) is 0.545. The summed E-state index contributed by atoms with van der Waals surface area (Å²) in [5.41, 5.74) is 0.311. The maximum Gasteiger partial charge on any atom is 0.271 e. The van der Waals surface area contributed by atoms with Crippen LogP contribution < -0.4 is 10.2 Å². The summed E-state index contributed by atoms with van der Waals surface area (Å²) in [6.45, 7) is 3.27. The van der Waals surface area contributed by atoms with E-state index in [1.165, 1.54) is 0 Å². The Morgan fingerprint density at radius 1 is 1.47 bits per heavy atom. The number of nitrogens with one attached hydrogen (secondary N) is 1. The number of aliphatic hydroxyl groups is 1. The number of aliphatic hydroxyl groups excluding tert-OH is 1. The Morgan fingerprint density at radius 3 is 2.76 bits per heavy atom. The van der Waals surface area contributed by atoms with E-state index in [-0.39, 0.29) is 12.5 Å². The first-order chi connectivity index (χ1) is 8.19. The van der Waals surface area contributed by atoms with Crippen molar-refractivity contribution < 1.29 is 9.90 Å². The third-order valence-electron chi connectivity index (χ3n) is 2.26. The van der Waals surface area contributed by atoms with Crippen LogP contribution in [0.25, 0.3) is 0 Å². The van der Waals surface area contributed by atoms with Crippen LogP contribution in [0.1, 0.15) is 23.8 Å². The van der Waals surface area contributed by atoms with Crippen LogP contribution >= 0.6 is 0 Å². The predicted molar refractivity (Wildman–Crippen MR) is 65.0 cm³/mol. The summed E-state index contributed by atoms with van der Waals surface area (Å²) in [6, 6.07) is 3.39. The average Bonchev–Trinajstić information content (AvgIpc) is 2.36. The highest BCUT2D eigenvalue weighted by Crippen LogP contribution is 2.07. The molecule has 1 heterocycles. The number of anilines is 1. The van der Waals surface area contributed by atoms with Crippen LogP contribution in [0.2, 0.25) is 0 Å². The number of carbonyl (C=O) groups excluding carboxylic acids is 1. The molecule has 0 saturated heterocycles. The molecule has 0 aromatic carbocycles. The van der Waals surface area contributed by atoms with Gasteiger partial charge in [-0.05, 0) is 25.5 Å². The van der Waals surface area contributed by atoms with Gasteiger partial charge in [0.05, 0.1) is 0 Å². The first kappa shape index (κ1) is 13.4. The first-order valence-electron chi connectivity index (χ1n) is 5.63. The van der Waals surface area contributed by atoms with E-state index in [4.69, 9.17) is 5.11 Å². The molecule has 0 fully saturated rings. The monoisotopic (exact) mass is 238 g/mol. The number of hydrogen-bond acceptors (Lipinski definition) is 5. The van der Waals surface area contributed by atoms with Crippen LogP contribution in [0.15, 0.2) is 12.1 Å². The maximum absolute atomic E-state index is 11.4. The highest BCUT2D eigenvalue weighted by atomic mass is 16.3. The largest absolute Gasteiger partial charge is 0.396 e. The normalized spacial score (nSPS) is 10.1. The van der Waals surface area contributed by atoms with E-state index in [0.717, 1.165) is 0 Å². The van der Waals surface area contributed by atoms with E-state index in [9.17, 15) is 4.79 Å². The van der Waals surface area contributed by atoms with Gasteiger partial charge in [0.15, 0.2) is 11.5 Å². The second kappa shape index (κ2) is 6.80. The summed E-state index contributed by atoms with van der Waals surface area (Å²) in [6.07, 6.45) is 0.677. The van der Waals surface area contributed by atoms with Gasteiger partial charge in [-0.25, -0.2) is 0 Å². The Kier molecular flexibility index (Phi) is 5.35. The Morgan fingerprint density at radius 2 is 2.24 bits per heavy atom. The molecular weight excluding hydrogens is 220 g/mol. The van der Waals surface area contributed by atoms with E-state index >= 15 is 0 Å². The molecule has 0 aliphatic carbocycles. The van der Waals surface area contributed by atoms with Crippen LogP contribution in [0.4, 0.5) is 5.82 Å². The van der Waals surface area contributed by atoms with Crippen molar-refractivity contribution in [1.82, 2.24) is 15.5 Å². The lowest BCUT2D eigenvalue weighted by Gasteiger charge is -2.16. The molecule has 94 valence electrons. The average molecular weight is 238 g/mol. The quantitative estimate of drug-likeness (QED) is 0.732. The molecule has 0 radical (unpaired) electrons. The number of aromatic nitrogens is 2. The van der Waals surface area contributed by atoms with Gasteiger partial charge in [0.25, 0.3) is 5.91 Å². The van der Waals surface area contributed by atoms with Crippen molar-refractivity contribution >= 4 is 11.7 Å². The molecule has 0 bridgehead atoms. The van der Waals surface area contributed by atoms with Gasteiger partial charge in [-0.3, -0.25) is 4.79 Å². The van der Waals surface area contributed by atoms with Gasteiger partial charge in [-0.15, -0.1) is 10.2 Å². The van der Waals surface area contributed by atoms with Crippen molar-refractivity contribution in [2.24, 2.45) is 0 Å². The maximum atomic E-state index is 11.4. The van der Waals surface area contributed by atoms with Crippen LogP contribution in [-0.4, -0.2) is 48.0 Å². The zero-order valence-electron chi connectivity index (χ0n) is 10.2. The number of hydrogen-bond donors (Lipinski definition) is 2. The number of carbonyl (C=O) groups is 1. The Hall–Kier alpha value is -1.69. The molecule has 2 N–H and O–H groups in total. The van der Waals surface area contributed by atoms with Gasteiger partial charge in [0, 0.05) is 26.7 Å². The van der Waals surface area contributed by atoms with Crippen molar-refractivity contribution in [2.45, 2.75) is 13.3 Å². The molecule has 0 aliphatic heterocycles. The fourth-order valence-electron chi connectivity index (χ4n) is 1.32. The Balaban J connectivity index is 2.64. The van der Waals surface area contributed by atoms with E-state index in [0.29, 0.717) is 31.0 Å². The third kappa shape index (κ3) is 3.99. The highest BCUT2D eigenvalue weighted by Gasteiger charge is 2.08. The van der Waals surface area contributed by atoms with E-state index in [1.807, 2.05) is 18.9 Å². The molecule has 1 amide bonds. The lowest BCUT2D eigenvalue weighted by Crippen LogP contribution is -2.25. The van der Waals surface area contributed by atoms with Gasteiger partial charge in [-0.2, -0.15) is 0 Å². The minimum absolute atomic E-state index is 0.148. The summed E-state index contributed by atoms with van der Waals surface area (Å²) >= 11 is 0. The molecule has 0 saturated carbocycles. The molecule has 1 aromatic heterocycles. The van der Waals surface area contributed by atoms with Crippen molar-refractivity contribution in [3.8, 4) is 0 Å². The fourth-order valence-corrected chi connectivity index (χ4v) is 1.32. The molecule has 6 nitrogen and oxygen atoms in total. The zero-order valence-corrected chi connectivity index (χ0v) is 10.2.